The Kier molecular flexibility index (Phi) is 4.86. The van der Waals surface area contributed by atoms with Gasteiger partial charge >= 0.3 is 0 Å². The van der Waals surface area contributed by atoms with Crippen molar-refractivity contribution in [3.05, 3.63) is 56.4 Å². The number of halogens is 1. The number of fused-ring (bicyclic) bond motifs is 1. The molecule has 0 atom stereocenters. The van der Waals surface area contributed by atoms with Gasteiger partial charge in [0.1, 0.15) is 5.56 Å². The highest BCUT2D eigenvalue weighted by atomic mass is 35.5. The molecule has 1 fully saturated rings. The number of thiazole rings is 1. The summed E-state index contributed by atoms with van der Waals surface area (Å²) in [6, 6.07) is 5.32. The Balaban J connectivity index is 1.68. The van der Waals surface area contributed by atoms with Crippen molar-refractivity contribution >= 4 is 45.2 Å². The summed E-state index contributed by atoms with van der Waals surface area (Å²) in [5, 5.41) is 3.32. The van der Waals surface area contributed by atoms with E-state index in [0.29, 0.717) is 28.9 Å². The number of amides is 1. The number of morpholine rings is 1. The third kappa shape index (κ3) is 3.55. The average molecular weight is 405 g/mol. The van der Waals surface area contributed by atoms with Gasteiger partial charge in [-0.05, 0) is 25.1 Å². The molecule has 4 rings (SSSR count). The van der Waals surface area contributed by atoms with Crippen molar-refractivity contribution in [1.82, 2.24) is 9.38 Å². The van der Waals surface area contributed by atoms with E-state index in [2.05, 4.69) is 15.2 Å². The number of hydrogen-bond acceptors (Lipinski definition) is 6. The van der Waals surface area contributed by atoms with Gasteiger partial charge < -0.3 is 15.0 Å². The molecule has 140 valence electrons. The molecule has 0 bridgehead atoms. The molecule has 1 aliphatic heterocycles. The lowest BCUT2D eigenvalue weighted by molar-refractivity contribution is 0.102. The van der Waals surface area contributed by atoms with Crippen molar-refractivity contribution in [3.63, 3.8) is 0 Å². The summed E-state index contributed by atoms with van der Waals surface area (Å²) in [5.41, 5.74) is 0.993. The standard InChI is InChI=1S/C18H17ClN4O3S/c1-11-10-23-17(25)13(9-20-18(23)27-11)16(24)21-14-8-12(19)2-3-15(14)22-4-6-26-7-5-22/h2-3,8-10H,4-7H2,1H3,(H,21,24). The number of nitrogens with one attached hydrogen (secondary N) is 1. The number of benzene rings is 1. The number of carbonyl (C=O) groups excluding carboxylic acids is 1. The maximum atomic E-state index is 12.8. The van der Waals surface area contributed by atoms with Crippen LogP contribution in [0.25, 0.3) is 4.96 Å². The molecule has 7 nitrogen and oxygen atoms in total. The van der Waals surface area contributed by atoms with E-state index >= 15 is 0 Å². The first-order valence-electron chi connectivity index (χ1n) is 8.44. The summed E-state index contributed by atoms with van der Waals surface area (Å²) < 4.78 is 6.79. The molecule has 3 heterocycles. The van der Waals surface area contributed by atoms with Crippen molar-refractivity contribution in [3.8, 4) is 0 Å². The Morgan fingerprint density at radius 1 is 1.33 bits per heavy atom. The highest BCUT2D eigenvalue weighted by molar-refractivity contribution is 7.16. The van der Waals surface area contributed by atoms with Crippen LogP contribution in [-0.4, -0.2) is 41.6 Å². The van der Waals surface area contributed by atoms with Crippen LogP contribution < -0.4 is 15.8 Å². The van der Waals surface area contributed by atoms with Crippen LogP contribution in [0.2, 0.25) is 5.02 Å². The van der Waals surface area contributed by atoms with Gasteiger partial charge in [-0.25, -0.2) is 4.98 Å². The number of anilines is 2. The van der Waals surface area contributed by atoms with E-state index < -0.39 is 11.5 Å². The van der Waals surface area contributed by atoms with Crippen LogP contribution in [0.1, 0.15) is 15.2 Å². The lowest BCUT2D eigenvalue weighted by Crippen LogP contribution is -2.37. The van der Waals surface area contributed by atoms with E-state index in [-0.39, 0.29) is 5.56 Å². The second kappa shape index (κ2) is 7.30. The molecule has 0 aliphatic carbocycles. The van der Waals surface area contributed by atoms with Crippen LogP contribution >= 0.6 is 22.9 Å². The minimum atomic E-state index is -0.512. The maximum Gasteiger partial charge on any atom is 0.271 e. The molecular weight excluding hydrogens is 388 g/mol. The van der Waals surface area contributed by atoms with Crippen LogP contribution in [0.15, 0.2) is 35.4 Å². The van der Waals surface area contributed by atoms with Crippen LogP contribution in [0, 0.1) is 6.92 Å². The summed E-state index contributed by atoms with van der Waals surface area (Å²) in [4.78, 5) is 33.3. The van der Waals surface area contributed by atoms with Crippen molar-refractivity contribution in [1.29, 1.82) is 0 Å². The maximum absolute atomic E-state index is 12.8. The smallest absolute Gasteiger partial charge is 0.271 e. The first-order valence-corrected chi connectivity index (χ1v) is 9.64. The van der Waals surface area contributed by atoms with Gasteiger partial charge in [0.15, 0.2) is 4.96 Å². The summed E-state index contributed by atoms with van der Waals surface area (Å²) in [6.45, 7) is 4.56. The van der Waals surface area contributed by atoms with Gasteiger partial charge in [0.2, 0.25) is 0 Å². The molecule has 0 unspecified atom stereocenters. The Morgan fingerprint density at radius 3 is 2.89 bits per heavy atom. The van der Waals surface area contributed by atoms with Crippen molar-refractivity contribution < 1.29 is 9.53 Å². The highest BCUT2D eigenvalue weighted by Crippen LogP contribution is 2.30. The minimum Gasteiger partial charge on any atom is -0.378 e. The summed E-state index contributed by atoms with van der Waals surface area (Å²) in [6.07, 6.45) is 3.01. The number of hydrogen-bond donors (Lipinski definition) is 1. The zero-order chi connectivity index (χ0) is 19.0. The second-order valence-electron chi connectivity index (χ2n) is 6.19. The van der Waals surface area contributed by atoms with Crippen LogP contribution in [0.3, 0.4) is 0 Å². The predicted molar refractivity (Wildman–Crippen MR) is 107 cm³/mol. The van der Waals surface area contributed by atoms with E-state index in [0.717, 1.165) is 23.7 Å². The van der Waals surface area contributed by atoms with E-state index in [4.69, 9.17) is 16.3 Å². The van der Waals surface area contributed by atoms with Gasteiger partial charge in [-0.2, -0.15) is 0 Å². The molecule has 0 spiro atoms. The number of aryl methyl sites for hydroxylation is 1. The normalized spacial score (nSPS) is 14.5. The lowest BCUT2D eigenvalue weighted by atomic mass is 10.2. The second-order valence-corrected chi connectivity index (χ2v) is 7.84. The fourth-order valence-electron chi connectivity index (χ4n) is 3.03. The van der Waals surface area contributed by atoms with Gasteiger partial charge in [-0.15, -0.1) is 11.3 Å². The minimum absolute atomic E-state index is 0.0156. The monoisotopic (exact) mass is 404 g/mol. The van der Waals surface area contributed by atoms with Crippen LogP contribution in [0.5, 0.6) is 0 Å². The molecule has 0 saturated carbocycles. The Bertz CT molecular complexity index is 1070. The van der Waals surface area contributed by atoms with Gasteiger partial charge in [0, 0.05) is 35.4 Å². The molecule has 1 amide bonds. The SMILES string of the molecule is Cc1cn2c(=O)c(C(=O)Nc3cc(Cl)ccc3N3CCOCC3)cnc2s1. The molecule has 1 saturated heterocycles. The van der Waals surface area contributed by atoms with Crippen LogP contribution in [0.4, 0.5) is 11.4 Å². The Morgan fingerprint density at radius 2 is 2.11 bits per heavy atom. The number of rotatable bonds is 3. The molecule has 2 aromatic heterocycles. The van der Waals surface area contributed by atoms with Crippen molar-refractivity contribution in [2.75, 3.05) is 36.5 Å². The fraction of sp³-hybridized carbons (Fsp3) is 0.278. The summed E-state index contributed by atoms with van der Waals surface area (Å²) >= 11 is 7.52. The number of aromatic nitrogens is 2. The van der Waals surface area contributed by atoms with Crippen molar-refractivity contribution in [2.45, 2.75) is 6.92 Å². The zero-order valence-corrected chi connectivity index (χ0v) is 16.1. The van der Waals surface area contributed by atoms with E-state index in [1.807, 2.05) is 13.0 Å². The Labute approximate surface area is 164 Å². The zero-order valence-electron chi connectivity index (χ0n) is 14.6. The molecule has 3 aromatic rings. The van der Waals surface area contributed by atoms with Gasteiger partial charge in [-0.1, -0.05) is 11.6 Å². The first kappa shape index (κ1) is 18.0. The van der Waals surface area contributed by atoms with E-state index in [1.54, 1.807) is 18.3 Å². The van der Waals surface area contributed by atoms with E-state index in [1.165, 1.54) is 21.9 Å². The molecular formula is C18H17ClN4O3S. The highest BCUT2D eigenvalue weighted by Gasteiger charge is 2.19. The number of ether oxygens (including phenoxy) is 1. The molecule has 27 heavy (non-hydrogen) atoms. The third-order valence-electron chi connectivity index (χ3n) is 4.33. The molecule has 9 heteroatoms. The largest absolute Gasteiger partial charge is 0.378 e. The Hall–Kier alpha value is -2.42. The van der Waals surface area contributed by atoms with Gasteiger partial charge in [0.25, 0.3) is 11.5 Å². The number of carbonyl (C=O) groups is 1. The lowest BCUT2D eigenvalue weighted by Gasteiger charge is -2.30. The van der Waals surface area contributed by atoms with Gasteiger partial charge in [-0.3, -0.25) is 14.0 Å². The topological polar surface area (TPSA) is 75.9 Å². The number of nitrogens with zero attached hydrogens (tertiary/aromatic N) is 3. The molecule has 1 aromatic carbocycles. The third-order valence-corrected chi connectivity index (χ3v) is 5.47. The average Bonchev–Trinajstić information content (AvgIpc) is 3.04. The van der Waals surface area contributed by atoms with Gasteiger partial charge in [0.05, 0.1) is 24.6 Å². The first-order chi connectivity index (χ1) is 13.0. The van der Waals surface area contributed by atoms with Crippen LogP contribution in [-0.2, 0) is 4.74 Å². The molecule has 1 N–H and O–H groups in total. The van der Waals surface area contributed by atoms with E-state index in [9.17, 15) is 9.59 Å². The fourth-order valence-corrected chi connectivity index (χ4v) is 3.99. The summed E-state index contributed by atoms with van der Waals surface area (Å²) in [7, 11) is 0. The molecule has 1 aliphatic rings. The van der Waals surface area contributed by atoms with Crippen molar-refractivity contribution in [2.24, 2.45) is 0 Å². The quantitative estimate of drug-likeness (QED) is 0.726. The molecule has 0 radical (unpaired) electrons. The predicted octanol–water partition coefficient (Wildman–Crippen LogP) is 2.81. The summed E-state index contributed by atoms with van der Waals surface area (Å²) in [5.74, 6) is -0.512.